The molecule has 0 aliphatic heterocycles. The molecule has 4 heteroatoms. The van der Waals surface area contributed by atoms with Gasteiger partial charge in [-0.05, 0) is 17.7 Å². The Balaban J connectivity index is 2.19. The lowest BCUT2D eigenvalue weighted by molar-refractivity contribution is 0.436. The zero-order valence-electron chi connectivity index (χ0n) is 9.58. The number of pyridine rings is 1. The van der Waals surface area contributed by atoms with E-state index in [-0.39, 0.29) is 0 Å². The molecule has 0 unspecified atom stereocenters. The molecule has 0 spiro atoms. The Kier molecular flexibility index (Phi) is 2.53. The molecule has 0 bridgehead atoms. The van der Waals surface area contributed by atoms with Crippen LogP contribution in [0.1, 0.15) is 0 Å². The van der Waals surface area contributed by atoms with E-state index in [1.807, 2.05) is 42.5 Å². The third-order valence-electron chi connectivity index (χ3n) is 2.72. The van der Waals surface area contributed by atoms with Crippen LogP contribution in [0, 0.1) is 0 Å². The first-order chi connectivity index (χ1) is 8.86. The molecule has 0 saturated carbocycles. The minimum atomic E-state index is 0.396. The van der Waals surface area contributed by atoms with Gasteiger partial charge in [0.05, 0.1) is 5.56 Å². The average Bonchev–Trinajstić information content (AvgIpc) is 2.83. The molecule has 3 aromatic rings. The highest BCUT2D eigenvalue weighted by Crippen LogP contribution is 2.35. The smallest absolute Gasteiger partial charge is 0.177 e. The zero-order valence-corrected chi connectivity index (χ0v) is 9.58. The molecule has 3 rings (SSSR count). The molecule has 0 amide bonds. The van der Waals surface area contributed by atoms with Crippen molar-refractivity contribution in [1.82, 2.24) is 10.1 Å². The normalized spacial score (nSPS) is 10.4. The van der Waals surface area contributed by atoms with E-state index >= 15 is 0 Å². The van der Waals surface area contributed by atoms with Crippen molar-refractivity contribution in [3.05, 3.63) is 54.9 Å². The van der Waals surface area contributed by atoms with Crippen LogP contribution in [0.15, 0.2) is 59.4 Å². The number of hydrogen-bond acceptors (Lipinski definition) is 4. The molecular formula is C14H11N3O. The van der Waals surface area contributed by atoms with Gasteiger partial charge in [-0.2, -0.15) is 0 Å². The minimum absolute atomic E-state index is 0.396. The van der Waals surface area contributed by atoms with E-state index in [0.29, 0.717) is 11.6 Å². The molecule has 0 aliphatic carbocycles. The minimum Gasteiger partial charge on any atom is -0.380 e. The van der Waals surface area contributed by atoms with Crippen molar-refractivity contribution >= 4 is 5.82 Å². The van der Waals surface area contributed by atoms with Gasteiger partial charge in [-0.1, -0.05) is 35.5 Å². The number of nitrogens with zero attached hydrogens (tertiary/aromatic N) is 2. The molecule has 4 nitrogen and oxygen atoms in total. The van der Waals surface area contributed by atoms with E-state index < -0.39 is 0 Å². The Morgan fingerprint density at radius 1 is 0.889 bits per heavy atom. The first kappa shape index (κ1) is 10.5. The van der Waals surface area contributed by atoms with Crippen LogP contribution in [0.3, 0.4) is 0 Å². The Morgan fingerprint density at radius 2 is 1.61 bits per heavy atom. The van der Waals surface area contributed by atoms with E-state index in [2.05, 4.69) is 10.1 Å². The highest BCUT2D eigenvalue weighted by atomic mass is 16.5. The summed E-state index contributed by atoms with van der Waals surface area (Å²) in [6, 6.07) is 13.6. The molecule has 88 valence electrons. The topological polar surface area (TPSA) is 64.9 Å². The van der Waals surface area contributed by atoms with Crippen LogP contribution < -0.4 is 5.73 Å². The summed E-state index contributed by atoms with van der Waals surface area (Å²) in [5.41, 5.74) is 8.61. The fourth-order valence-electron chi connectivity index (χ4n) is 1.89. The maximum atomic E-state index is 5.89. The van der Waals surface area contributed by atoms with E-state index in [0.717, 1.165) is 16.7 Å². The van der Waals surface area contributed by atoms with Gasteiger partial charge in [0.15, 0.2) is 11.6 Å². The number of nitrogen functional groups attached to an aromatic ring is 1. The summed E-state index contributed by atoms with van der Waals surface area (Å²) in [4.78, 5) is 3.99. The molecule has 0 aliphatic rings. The zero-order chi connectivity index (χ0) is 12.4. The second kappa shape index (κ2) is 4.33. The number of hydrogen-bond donors (Lipinski definition) is 1. The Bertz CT molecular complexity index is 647. The molecule has 0 fully saturated rings. The molecule has 1 aromatic carbocycles. The highest BCUT2D eigenvalue weighted by Gasteiger charge is 2.16. The average molecular weight is 237 g/mol. The molecular weight excluding hydrogens is 226 g/mol. The Morgan fingerprint density at radius 3 is 2.33 bits per heavy atom. The maximum Gasteiger partial charge on any atom is 0.177 e. The second-order valence-electron chi connectivity index (χ2n) is 3.87. The van der Waals surface area contributed by atoms with Gasteiger partial charge in [-0.3, -0.25) is 4.98 Å². The summed E-state index contributed by atoms with van der Waals surface area (Å²) in [5.74, 6) is 1.06. The summed E-state index contributed by atoms with van der Waals surface area (Å²) in [7, 11) is 0. The van der Waals surface area contributed by atoms with E-state index in [4.69, 9.17) is 10.3 Å². The van der Waals surface area contributed by atoms with Crippen molar-refractivity contribution in [2.45, 2.75) is 0 Å². The second-order valence-corrected chi connectivity index (χ2v) is 3.87. The van der Waals surface area contributed by atoms with E-state index in [9.17, 15) is 0 Å². The van der Waals surface area contributed by atoms with Crippen molar-refractivity contribution in [1.29, 1.82) is 0 Å². The summed E-state index contributed by atoms with van der Waals surface area (Å²) in [5, 5.41) is 3.85. The van der Waals surface area contributed by atoms with Crippen molar-refractivity contribution in [3.63, 3.8) is 0 Å². The lowest BCUT2D eigenvalue weighted by Gasteiger charge is -2.01. The Hall–Kier alpha value is -2.62. The number of nitrogens with two attached hydrogens (primary N) is 1. The molecule has 2 heterocycles. The van der Waals surface area contributed by atoms with Gasteiger partial charge >= 0.3 is 0 Å². The van der Waals surface area contributed by atoms with Gasteiger partial charge in [0, 0.05) is 18.0 Å². The highest BCUT2D eigenvalue weighted by molar-refractivity contribution is 5.86. The predicted molar refractivity (Wildman–Crippen MR) is 69.6 cm³/mol. The third kappa shape index (κ3) is 1.73. The van der Waals surface area contributed by atoms with Crippen molar-refractivity contribution in [3.8, 4) is 22.5 Å². The fourth-order valence-corrected chi connectivity index (χ4v) is 1.89. The van der Waals surface area contributed by atoms with Crippen LogP contribution in [0.25, 0.3) is 22.5 Å². The van der Waals surface area contributed by atoms with Crippen LogP contribution in [0.5, 0.6) is 0 Å². The van der Waals surface area contributed by atoms with Crippen molar-refractivity contribution in [2.24, 2.45) is 0 Å². The van der Waals surface area contributed by atoms with Gasteiger partial charge in [-0.15, -0.1) is 0 Å². The molecule has 0 radical (unpaired) electrons. The third-order valence-corrected chi connectivity index (χ3v) is 2.72. The number of rotatable bonds is 2. The summed E-state index contributed by atoms with van der Waals surface area (Å²) < 4.78 is 5.33. The first-order valence-corrected chi connectivity index (χ1v) is 5.57. The van der Waals surface area contributed by atoms with Crippen molar-refractivity contribution in [2.75, 3.05) is 5.73 Å². The van der Waals surface area contributed by atoms with Gasteiger partial charge in [0.1, 0.15) is 0 Å². The number of benzene rings is 1. The van der Waals surface area contributed by atoms with Crippen molar-refractivity contribution < 1.29 is 4.52 Å². The van der Waals surface area contributed by atoms with Crippen LogP contribution in [0.2, 0.25) is 0 Å². The maximum absolute atomic E-state index is 5.89. The summed E-state index contributed by atoms with van der Waals surface area (Å²) in [6.45, 7) is 0. The molecule has 2 N–H and O–H groups in total. The monoisotopic (exact) mass is 237 g/mol. The largest absolute Gasteiger partial charge is 0.380 e. The SMILES string of the molecule is Nc1noc(-c2ccncc2)c1-c1ccccc1. The molecule has 18 heavy (non-hydrogen) atoms. The lowest BCUT2D eigenvalue weighted by atomic mass is 10.0. The van der Waals surface area contributed by atoms with Crippen LogP contribution >= 0.6 is 0 Å². The lowest BCUT2D eigenvalue weighted by Crippen LogP contribution is -1.88. The number of aromatic nitrogens is 2. The van der Waals surface area contributed by atoms with Gasteiger partial charge in [-0.25, -0.2) is 0 Å². The first-order valence-electron chi connectivity index (χ1n) is 5.57. The van der Waals surface area contributed by atoms with Gasteiger partial charge in [0.2, 0.25) is 0 Å². The molecule has 0 saturated heterocycles. The quantitative estimate of drug-likeness (QED) is 0.744. The van der Waals surface area contributed by atoms with E-state index in [1.165, 1.54) is 0 Å². The Labute approximate surface area is 104 Å². The summed E-state index contributed by atoms with van der Waals surface area (Å²) in [6.07, 6.45) is 3.42. The molecule has 2 aromatic heterocycles. The van der Waals surface area contributed by atoms with Crippen LogP contribution in [-0.4, -0.2) is 10.1 Å². The fraction of sp³-hybridized carbons (Fsp3) is 0. The number of anilines is 1. The van der Waals surface area contributed by atoms with E-state index in [1.54, 1.807) is 12.4 Å². The van der Waals surface area contributed by atoms with Gasteiger partial charge in [0.25, 0.3) is 0 Å². The summed E-state index contributed by atoms with van der Waals surface area (Å²) >= 11 is 0. The predicted octanol–water partition coefficient (Wildman–Crippen LogP) is 2.99. The van der Waals surface area contributed by atoms with Gasteiger partial charge < -0.3 is 10.3 Å². The molecule has 0 atom stereocenters. The van der Waals surface area contributed by atoms with Crippen LogP contribution in [-0.2, 0) is 0 Å². The standard InChI is InChI=1S/C14H11N3O/c15-14-12(10-4-2-1-3-5-10)13(18-17-14)11-6-8-16-9-7-11/h1-9H,(H2,15,17). The van der Waals surface area contributed by atoms with Crippen LogP contribution in [0.4, 0.5) is 5.82 Å².